The molecule has 2 aromatic carbocycles. The highest BCUT2D eigenvalue weighted by atomic mass is 79.9. The molecule has 4 rings (SSSR count). The van der Waals surface area contributed by atoms with Crippen LogP contribution in [0.25, 0.3) is 5.82 Å². The summed E-state index contributed by atoms with van der Waals surface area (Å²) < 4.78 is 30.2. The molecular formula is C20H17BrN6O2S. The zero-order chi connectivity index (χ0) is 21.1. The summed E-state index contributed by atoms with van der Waals surface area (Å²) in [6, 6.07) is 15.2. The zero-order valence-electron chi connectivity index (χ0n) is 15.8. The van der Waals surface area contributed by atoms with Crippen LogP contribution in [-0.4, -0.2) is 27.9 Å². The quantitative estimate of drug-likeness (QED) is 0.423. The summed E-state index contributed by atoms with van der Waals surface area (Å²) in [5, 5.41) is 3.21. The molecule has 2 aromatic heterocycles. The number of nitrogens with zero attached hydrogens (tertiary/aromatic N) is 4. The summed E-state index contributed by atoms with van der Waals surface area (Å²) in [7, 11) is -3.66. The maximum atomic E-state index is 12.5. The predicted octanol–water partition coefficient (Wildman–Crippen LogP) is 4.28. The number of halogens is 1. The topological polar surface area (TPSA) is 102 Å². The van der Waals surface area contributed by atoms with E-state index in [1.165, 1.54) is 12.1 Å². The standard InChI is InChI=1S/C20H17BrN6O2S/c1-14-23-19(12-20(24-14)27-11-10-22-13-27)25-16-4-6-17(7-5-16)26-30(28,29)18-8-2-15(21)3-9-18/h2-13,26H,1H3,(H,23,24,25). The third-order valence-electron chi connectivity index (χ3n) is 4.13. The van der Waals surface area contributed by atoms with Crippen LogP contribution < -0.4 is 10.0 Å². The van der Waals surface area contributed by atoms with E-state index >= 15 is 0 Å². The molecular weight excluding hydrogens is 468 g/mol. The van der Waals surface area contributed by atoms with E-state index in [4.69, 9.17) is 0 Å². The summed E-state index contributed by atoms with van der Waals surface area (Å²) >= 11 is 3.30. The molecule has 0 unspecified atom stereocenters. The Kier molecular flexibility index (Phi) is 5.51. The highest BCUT2D eigenvalue weighted by molar-refractivity contribution is 9.10. The Morgan fingerprint density at radius 3 is 2.33 bits per heavy atom. The Morgan fingerprint density at radius 1 is 0.967 bits per heavy atom. The first-order valence-electron chi connectivity index (χ1n) is 8.88. The number of aromatic nitrogens is 4. The summed E-state index contributed by atoms with van der Waals surface area (Å²) in [6.45, 7) is 1.81. The van der Waals surface area contributed by atoms with Crippen molar-refractivity contribution in [3.63, 3.8) is 0 Å². The van der Waals surface area contributed by atoms with Gasteiger partial charge in [0.05, 0.1) is 4.90 Å². The van der Waals surface area contributed by atoms with Crippen molar-refractivity contribution in [1.29, 1.82) is 0 Å². The SMILES string of the molecule is Cc1nc(Nc2ccc(NS(=O)(=O)c3ccc(Br)cc3)cc2)cc(-n2ccnc2)n1. The molecule has 2 N–H and O–H groups in total. The molecule has 10 heteroatoms. The highest BCUT2D eigenvalue weighted by Crippen LogP contribution is 2.22. The minimum atomic E-state index is -3.66. The van der Waals surface area contributed by atoms with Crippen LogP contribution in [0.2, 0.25) is 0 Å². The van der Waals surface area contributed by atoms with Crippen LogP contribution >= 0.6 is 15.9 Å². The highest BCUT2D eigenvalue weighted by Gasteiger charge is 2.14. The molecule has 2 heterocycles. The number of imidazole rings is 1. The average molecular weight is 485 g/mol. The van der Waals surface area contributed by atoms with E-state index in [1.807, 2.05) is 6.92 Å². The van der Waals surface area contributed by atoms with Crippen LogP contribution in [0.15, 0.2) is 82.7 Å². The summed E-state index contributed by atoms with van der Waals surface area (Å²) in [4.78, 5) is 13.0. The van der Waals surface area contributed by atoms with Crippen LogP contribution in [0.1, 0.15) is 5.82 Å². The van der Waals surface area contributed by atoms with E-state index in [1.54, 1.807) is 65.8 Å². The monoisotopic (exact) mass is 484 g/mol. The first-order valence-corrected chi connectivity index (χ1v) is 11.2. The number of anilines is 3. The van der Waals surface area contributed by atoms with Crippen molar-refractivity contribution in [2.75, 3.05) is 10.0 Å². The Balaban J connectivity index is 1.50. The molecule has 0 fully saturated rings. The van der Waals surface area contributed by atoms with E-state index in [2.05, 4.69) is 40.9 Å². The Hall–Kier alpha value is -3.24. The Morgan fingerprint density at radius 2 is 1.67 bits per heavy atom. The van der Waals surface area contributed by atoms with Crippen molar-refractivity contribution in [1.82, 2.24) is 19.5 Å². The van der Waals surface area contributed by atoms with Gasteiger partial charge in [0.25, 0.3) is 10.0 Å². The first-order chi connectivity index (χ1) is 14.4. The fourth-order valence-corrected chi connectivity index (χ4v) is 4.06. The second kappa shape index (κ2) is 8.25. The van der Waals surface area contributed by atoms with Gasteiger partial charge in [-0.2, -0.15) is 0 Å². The number of benzene rings is 2. The molecule has 4 aromatic rings. The molecule has 30 heavy (non-hydrogen) atoms. The van der Waals surface area contributed by atoms with Gasteiger partial charge in [-0.3, -0.25) is 9.29 Å². The molecule has 0 spiro atoms. The Bertz CT molecular complexity index is 1260. The minimum Gasteiger partial charge on any atom is -0.340 e. The lowest BCUT2D eigenvalue weighted by atomic mass is 10.3. The molecule has 0 aliphatic rings. The van der Waals surface area contributed by atoms with E-state index in [0.717, 1.165) is 10.2 Å². The fourth-order valence-electron chi connectivity index (χ4n) is 2.74. The van der Waals surface area contributed by atoms with Gasteiger partial charge in [-0.15, -0.1) is 0 Å². The molecule has 0 aliphatic heterocycles. The van der Waals surface area contributed by atoms with Crippen molar-refractivity contribution >= 4 is 43.1 Å². The molecule has 0 saturated carbocycles. The van der Waals surface area contributed by atoms with E-state index in [-0.39, 0.29) is 4.90 Å². The molecule has 0 radical (unpaired) electrons. The van der Waals surface area contributed by atoms with Crippen LogP contribution in [0.3, 0.4) is 0 Å². The third-order valence-corrected chi connectivity index (χ3v) is 6.05. The molecule has 152 valence electrons. The largest absolute Gasteiger partial charge is 0.340 e. The van der Waals surface area contributed by atoms with Crippen molar-refractivity contribution in [3.8, 4) is 5.82 Å². The van der Waals surface area contributed by atoms with Crippen LogP contribution in [0, 0.1) is 6.92 Å². The van der Waals surface area contributed by atoms with E-state index in [9.17, 15) is 8.42 Å². The molecule has 8 nitrogen and oxygen atoms in total. The zero-order valence-corrected chi connectivity index (χ0v) is 18.2. The lowest BCUT2D eigenvalue weighted by Crippen LogP contribution is -2.12. The van der Waals surface area contributed by atoms with Crippen LogP contribution in [0.5, 0.6) is 0 Å². The first kappa shape index (κ1) is 20.0. The van der Waals surface area contributed by atoms with Gasteiger partial charge in [0.2, 0.25) is 0 Å². The van der Waals surface area contributed by atoms with Gasteiger partial charge in [-0.05, 0) is 55.5 Å². The number of nitrogens with one attached hydrogen (secondary N) is 2. The van der Waals surface area contributed by atoms with E-state index < -0.39 is 10.0 Å². The molecule has 0 amide bonds. The van der Waals surface area contributed by atoms with Gasteiger partial charge in [0.15, 0.2) is 0 Å². The second-order valence-electron chi connectivity index (χ2n) is 6.39. The van der Waals surface area contributed by atoms with Gasteiger partial charge in [-0.25, -0.2) is 23.4 Å². The minimum absolute atomic E-state index is 0.191. The van der Waals surface area contributed by atoms with Gasteiger partial charge in [0.1, 0.15) is 23.8 Å². The molecule has 0 saturated heterocycles. The van der Waals surface area contributed by atoms with Crippen LogP contribution in [0.4, 0.5) is 17.2 Å². The fraction of sp³-hybridized carbons (Fsp3) is 0.0500. The van der Waals surface area contributed by atoms with E-state index in [0.29, 0.717) is 23.1 Å². The van der Waals surface area contributed by atoms with Crippen molar-refractivity contribution in [2.45, 2.75) is 11.8 Å². The lowest BCUT2D eigenvalue weighted by Gasteiger charge is -2.11. The van der Waals surface area contributed by atoms with Crippen LogP contribution in [-0.2, 0) is 10.0 Å². The number of aryl methyl sites for hydroxylation is 1. The second-order valence-corrected chi connectivity index (χ2v) is 8.99. The summed E-state index contributed by atoms with van der Waals surface area (Å²) in [5.41, 5.74) is 1.22. The van der Waals surface area contributed by atoms with Crippen molar-refractivity contribution in [3.05, 3.63) is 83.6 Å². The average Bonchev–Trinajstić information content (AvgIpc) is 3.24. The maximum absolute atomic E-state index is 12.5. The van der Waals surface area contributed by atoms with Gasteiger partial charge >= 0.3 is 0 Å². The molecule has 0 atom stereocenters. The summed E-state index contributed by atoms with van der Waals surface area (Å²) in [5.74, 6) is 1.93. The van der Waals surface area contributed by atoms with Crippen molar-refractivity contribution < 1.29 is 8.42 Å². The van der Waals surface area contributed by atoms with Gasteiger partial charge in [0, 0.05) is 34.3 Å². The smallest absolute Gasteiger partial charge is 0.261 e. The number of hydrogen-bond donors (Lipinski definition) is 2. The maximum Gasteiger partial charge on any atom is 0.261 e. The molecule has 0 aliphatic carbocycles. The Labute approximate surface area is 182 Å². The van der Waals surface area contributed by atoms with Crippen molar-refractivity contribution in [2.24, 2.45) is 0 Å². The number of hydrogen-bond acceptors (Lipinski definition) is 6. The molecule has 0 bridgehead atoms. The third kappa shape index (κ3) is 4.66. The van der Waals surface area contributed by atoms with Gasteiger partial charge < -0.3 is 5.32 Å². The number of rotatable bonds is 6. The summed E-state index contributed by atoms with van der Waals surface area (Å²) in [6.07, 6.45) is 5.15. The van der Waals surface area contributed by atoms with Gasteiger partial charge in [-0.1, -0.05) is 15.9 Å². The predicted molar refractivity (Wildman–Crippen MR) is 119 cm³/mol. The number of sulfonamides is 1. The normalized spacial score (nSPS) is 11.3. The lowest BCUT2D eigenvalue weighted by molar-refractivity contribution is 0.601.